The summed E-state index contributed by atoms with van der Waals surface area (Å²) in [6, 6.07) is 12.2. The molecule has 2 rings (SSSR count). The fourth-order valence-electron chi connectivity index (χ4n) is 1.70. The maximum Gasteiger partial charge on any atom is 0.190 e. The fourth-order valence-corrected chi connectivity index (χ4v) is 2.68. The van der Waals surface area contributed by atoms with Gasteiger partial charge in [-0.15, -0.1) is 0 Å². The predicted molar refractivity (Wildman–Crippen MR) is 76.5 cm³/mol. The summed E-state index contributed by atoms with van der Waals surface area (Å²) in [6.45, 7) is 2.12. The van der Waals surface area contributed by atoms with Crippen molar-refractivity contribution in [2.75, 3.05) is 5.73 Å². The van der Waals surface area contributed by atoms with Crippen LogP contribution in [0.3, 0.4) is 0 Å². The van der Waals surface area contributed by atoms with E-state index in [-0.39, 0.29) is 11.1 Å². The summed E-state index contributed by atoms with van der Waals surface area (Å²) in [5.41, 5.74) is 7.26. The van der Waals surface area contributed by atoms with E-state index in [1.54, 1.807) is 11.8 Å². The molecule has 19 heavy (non-hydrogen) atoms. The van der Waals surface area contributed by atoms with E-state index in [2.05, 4.69) is 29.0 Å². The maximum atomic E-state index is 8.80. The highest BCUT2D eigenvalue weighted by atomic mass is 32.2. The Kier molecular flexibility index (Phi) is 4.37. The summed E-state index contributed by atoms with van der Waals surface area (Å²) >= 11 is 1.56. The molecule has 0 fully saturated rings. The van der Waals surface area contributed by atoms with Crippen molar-refractivity contribution in [2.45, 2.75) is 23.8 Å². The Hall–Kier alpha value is -2.06. The summed E-state index contributed by atoms with van der Waals surface area (Å²) in [7, 11) is 0. The maximum absolute atomic E-state index is 8.80. The van der Waals surface area contributed by atoms with Crippen LogP contribution in [0.25, 0.3) is 0 Å². The third kappa shape index (κ3) is 3.24. The van der Waals surface area contributed by atoms with Crippen molar-refractivity contribution in [2.24, 2.45) is 0 Å². The van der Waals surface area contributed by atoms with Crippen molar-refractivity contribution in [3.63, 3.8) is 0 Å². The zero-order valence-electron chi connectivity index (χ0n) is 10.6. The van der Waals surface area contributed by atoms with Gasteiger partial charge in [0.05, 0.1) is 6.20 Å². The molecule has 0 aliphatic rings. The van der Waals surface area contributed by atoms with Gasteiger partial charge >= 0.3 is 0 Å². The molecule has 4 nitrogen and oxygen atoms in total. The number of nitriles is 1. The van der Waals surface area contributed by atoms with Gasteiger partial charge in [-0.2, -0.15) is 5.26 Å². The first-order valence-electron chi connectivity index (χ1n) is 5.98. The third-order valence-electron chi connectivity index (χ3n) is 2.71. The Morgan fingerprint density at radius 1 is 1.37 bits per heavy atom. The van der Waals surface area contributed by atoms with E-state index < -0.39 is 0 Å². The van der Waals surface area contributed by atoms with Gasteiger partial charge in [-0.1, -0.05) is 49.0 Å². The SMILES string of the molecule is CC[C@@H](Sc1ncc(C#N)c(N)n1)c1ccccc1. The minimum Gasteiger partial charge on any atom is -0.382 e. The molecule has 0 radical (unpaired) electrons. The normalized spacial score (nSPS) is 11.8. The second-order valence-corrected chi connectivity index (χ2v) is 5.16. The number of rotatable bonds is 4. The number of hydrogen-bond acceptors (Lipinski definition) is 5. The quantitative estimate of drug-likeness (QED) is 0.682. The zero-order chi connectivity index (χ0) is 13.7. The smallest absolute Gasteiger partial charge is 0.190 e. The molecular weight excluding hydrogens is 256 g/mol. The van der Waals surface area contributed by atoms with Gasteiger partial charge in [-0.05, 0) is 12.0 Å². The molecule has 0 saturated heterocycles. The lowest BCUT2D eigenvalue weighted by molar-refractivity contribution is 0.876. The van der Waals surface area contributed by atoms with Crippen LogP contribution < -0.4 is 5.73 Å². The molecule has 1 aromatic heterocycles. The monoisotopic (exact) mass is 270 g/mol. The van der Waals surface area contributed by atoms with E-state index in [0.717, 1.165) is 6.42 Å². The van der Waals surface area contributed by atoms with E-state index >= 15 is 0 Å². The number of nitrogens with zero attached hydrogens (tertiary/aromatic N) is 3. The van der Waals surface area contributed by atoms with Crippen LogP contribution in [-0.4, -0.2) is 9.97 Å². The Balaban J connectivity index is 2.20. The number of hydrogen-bond donors (Lipinski definition) is 1. The van der Waals surface area contributed by atoms with E-state index in [9.17, 15) is 0 Å². The number of nitrogen functional groups attached to an aromatic ring is 1. The Morgan fingerprint density at radius 3 is 2.68 bits per heavy atom. The van der Waals surface area contributed by atoms with Crippen molar-refractivity contribution in [1.29, 1.82) is 5.26 Å². The number of aromatic nitrogens is 2. The first-order valence-corrected chi connectivity index (χ1v) is 6.86. The summed E-state index contributed by atoms with van der Waals surface area (Å²) in [5, 5.41) is 9.69. The van der Waals surface area contributed by atoms with Crippen LogP contribution in [0.4, 0.5) is 5.82 Å². The fraction of sp³-hybridized carbons (Fsp3) is 0.214. The molecule has 0 saturated carbocycles. The zero-order valence-corrected chi connectivity index (χ0v) is 11.4. The van der Waals surface area contributed by atoms with Crippen molar-refractivity contribution in [3.05, 3.63) is 47.7 Å². The Bertz CT molecular complexity index is 592. The van der Waals surface area contributed by atoms with Crippen molar-refractivity contribution in [3.8, 4) is 6.07 Å². The van der Waals surface area contributed by atoms with Gasteiger partial charge in [0, 0.05) is 5.25 Å². The Morgan fingerprint density at radius 2 is 2.11 bits per heavy atom. The number of nitrogens with two attached hydrogens (primary N) is 1. The summed E-state index contributed by atoms with van der Waals surface area (Å²) in [6.07, 6.45) is 2.44. The average Bonchev–Trinajstić information content (AvgIpc) is 2.46. The summed E-state index contributed by atoms with van der Waals surface area (Å²) < 4.78 is 0. The van der Waals surface area contributed by atoms with Crippen LogP contribution in [0.2, 0.25) is 0 Å². The molecular formula is C14H14N4S. The van der Waals surface area contributed by atoms with Crippen molar-refractivity contribution < 1.29 is 0 Å². The minimum atomic E-state index is 0.239. The van der Waals surface area contributed by atoms with Gasteiger partial charge in [-0.3, -0.25) is 0 Å². The number of anilines is 1. The topological polar surface area (TPSA) is 75.6 Å². The highest BCUT2D eigenvalue weighted by Gasteiger charge is 2.13. The van der Waals surface area contributed by atoms with Crippen LogP contribution in [0.1, 0.15) is 29.7 Å². The average molecular weight is 270 g/mol. The Labute approximate surface area is 116 Å². The molecule has 96 valence electrons. The molecule has 0 spiro atoms. The number of thioether (sulfide) groups is 1. The standard InChI is InChI=1S/C14H14N4S/c1-2-12(10-6-4-3-5-7-10)19-14-17-9-11(8-15)13(16)18-14/h3-7,9,12H,2H2,1H3,(H2,16,17,18)/t12-/m1/s1. The largest absolute Gasteiger partial charge is 0.382 e. The van der Waals surface area contributed by atoms with Gasteiger partial charge in [0.1, 0.15) is 17.5 Å². The second-order valence-electron chi connectivity index (χ2n) is 3.99. The molecule has 5 heteroatoms. The van der Waals surface area contributed by atoms with Crippen LogP contribution in [-0.2, 0) is 0 Å². The third-order valence-corrected chi connectivity index (χ3v) is 4.00. The van der Waals surface area contributed by atoms with Gasteiger partial charge in [-0.25, -0.2) is 9.97 Å². The first-order chi connectivity index (χ1) is 9.24. The highest BCUT2D eigenvalue weighted by molar-refractivity contribution is 7.99. The van der Waals surface area contributed by atoms with Crippen LogP contribution in [0.15, 0.2) is 41.7 Å². The molecule has 1 aromatic carbocycles. The van der Waals surface area contributed by atoms with Gasteiger partial charge in [0.25, 0.3) is 0 Å². The molecule has 0 bridgehead atoms. The second kappa shape index (κ2) is 6.21. The molecule has 0 aliphatic heterocycles. The molecule has 2 aromatic rings. The van der Waals surface area contributed by atoms with Crippen molar-refractivity contribution >= 4 is 17.6 Å². The van der Waals surface area contributed by atoms with Crippen LogP contribution in [0.5, 0.6) is 0 Å². The molecule has 0 amide bonds. The summed E-state index contributed by atoms with van der Waals surface area (Å²) in [4.78, 5) is 8.34. The van der Waals surface area contributed by atoms with Gasteiger partial charge in [0.2, 0.25) is 0 Å². The van der Waals surface area contributed by atoms with E-state index in [4.69, 9.17) is 11.0 Å². The molecule has 0 aliphatic carbocycles. The predicted octanol–water partition coefficient (Wildman–Crippen LogP) is 3.17. The van der Waals surface area contributed by atoms with E-state index in [1.165, 1.54) is 11.8 Å². The highest BCUT2D eigenvalue weighted by Crippen LogP contribution is 2.35. The lowest BCUT2D eigenvalue weighted by Crippen LogP contribution is -2.00. The molecule has 2 N–H and O–H groups in total. The van der Waals surface area contributed by atoms with Crippen LogP contribution >= 0.6 is 11.8 Å². The summed E-state index contributed by atoms with van der Waals surface area (Å²) in [5.74, 6) is 0.239. The van der Waals surface area contributed by atoms with Gasteiger partial charge in [0.15, 0.2) is 5.16 Å². The minimum absolute atomic E-state index is 0.239. The van der Waals surface area contributed by atoms with E-state index in [1.807, 2.05) is 24.3 Å². The van der Waals surface area contributed by atoms with E-state index in [0.29, 0.717) is 10.7 Å². The number of benzene rings is 1. The van der Waals surface area contributed by atoms with Gasteiger partial charge < -0.3 is 5.73 Å². The molecule has 0 unspecified atom stereocenters. The molecule has 1 heterocycles. The molecule has 1 atom stereocenters. The lowest BCUT2D eigenvalue weighted by Gasteiger charge is -2.13. The first kappa shape index (κ1) is 13.4. The van der Waals surface area contributed by atoms with Crippen LogP contribution in [0, 0.1) is 11.3 Å². The van der Waals surface area contributed by atoms with Crippen molar-refractivity contribution in [1.82, 2.24) is 9.97 Å². The lowest BCUT2D eigenvalue weighted by atomic mass is 10.1.